The first-order valence-corrected chi connectivity index (χ1v) is 6.25. The maximum atomic E-state index is 11.2. The van der Waals surface area contributed by atoms with Crippen molar-refractivity contribution in [3.8, 4) is 5.75 Å². The fourth-order valence-electron chi connectivity index (χ4n) is 1.61. The first kappa shape index (κ1) is 14.6. The summed E-state index contributed by atoms with van der Waals surface area (Å²) in [6.07, 6.45) is 0.492. The second kappa shape index (κ2) is 5.89. The van der Waals surface area contributed by atoms with Gasteiger partial charge in [0.15, 0.2) is 6.10 Å². The fraction of sp³-hybridized carbons (Fsp3) is 0.533. The predicted octanol–water partition coefficient (Wildman–Crippen LogP) is 3.31. The maximum Gasteiger partial charge on any atom is 0.346 e. The van der Waals surface area contributed by atoms with Crippen molar-refractivity contribution >= 4 is 5.97 Å². The lowest BCUT2D eigenvalue weighted by Gasteiger charge is -2.23. The van der Waals surface area contributed by atoms with Gasteiger partial charge in [-0.05, 0) is 36.5 Å². The van der Waals surface area contributed by atoms with Gasteiger partial charge in [-0.2, -0.15) is 0 Å². The third kappa shape index (κ3) is 3.49. The Morgan fingerprint density at radius 3 is 2.28 bits per heavy atom. The Bertz CT molecular complexity index is 393. The average molecular weight is 250 g/mol. The fourth-order valence-corrected chi connectivity index (χ4v) is 1.61. The molecule has 0 unspecified atom stereocenters. The molecular formula is C15H22O3. The van der Waals surface area contributed by atoms with E-state index in [1.807, 2.05) is 24.3 Å². The summed E-state index contributed by atoms with van der Waals surface area (Å²) in [7, 11) is 1.36. The lowest BCUT2D eigenvalue weighted by Crippen LogP contribution is -2.25. The van der Waals surface area contributed by atoms with Crippen LogP contribution in [0.1, 0.15) is 39.7 Å². The molecule has 18 heavy (non-hydrogen) atoms. The Morgan fingerprint density at radius 2 is 1.83 bits per heavy atom. The summed E-state index contributed by atoms with van der Waals surface area (Å²) in [4.78, 5) is 11.2. The summed E-state index contributed by atoms with van der Waals surface area (Å²) >= 11 is 0. The van der Waals surface area contributed by atoms with Gasteiger partial charge in [0.25, 0.3) is 0 Å². The number of hydrogen-bond acceptors (Lipinski definition) is 3. The van der Waals surface area contributed by atoms with Crippen molar-refractivity contribution in [2.24, 2.45) is 0 Å². The van der Waals surface area contributed by atoms with Crippen LogP contribution in [0.3, 0.4) is 0 Å². The monoisotopic (exact) mass is 250 g/mol. The smallest absolute Gasteiger partial charge is 0.346 e. The van der Waals surface area contributed by atoms with Crippen molar-refractivity contribution in [3.05, 3.63) is 29.8 Å². The zero-order valence-corrected chi connectivity index (χ0v) is 11.8. The van der Waals surface area contributed by atoms with E-state index < -0.39 is 6.10 Å². The summed E-state index contributed by atoms with van der Waals surface area (Å²) in [5, 5.41) is 0. The van der Waals surface area contributed by atoms with Gasteiger partial charge in [0.05, 0.1) is 7.11 Å². The van der Waals surface area contributed by atoms with Gasteiger partial charge in [0.2, 0.25) is 0 Å². The largest absolute Gasteiger partial charge is 0.479 e. The number of methoxy groups -OCH3 is 1. The standard InChI is InChI=1S/C15H22O3/c1-6-15(3,4)12-7-9-13(10-8-12)18-11(2)14(16)17-5/h7-11H,6H2,1-5H3/t11-/m0/s1. The highest BCUT2D eigenvalue weighted by Gasteiger charge is 2.18. The highest BCUT2D eigenvalue weighted by molar-refractivity contribution is 5.74. The van der Waals surface area contributed by atoms with Crippen molar-refractivity contribution in [3.63, 3.8) is 0 Å². The average Bonchev–Trinajstić information content (AvgIpc) is 2.38. The molecule has 100 valence electrons. The summed E-state index contributed by atoms with van der Waals surface area (Å²) < 4.78 is 10.1. The van der Waals surface area contributed by atoms with Gasteiger partial charge in [-0.3, -0.25) is 0 Å². The zero-order valence-electron chi connectivity index (χ0n) is 11.8. The van der Waals surface area contributed by atoms with Crippen LogP contribution in [-0.2, 0) is 14.9 Å². The summed E-state index contributed by atoms with van der Waals surface area (Å²) in [5.74, 6) is 0.316. The Labute approximate surface area is 109 Å². The molecule has 1 atom stereocenters. The molecule has 0 saturated carbocycles. The summed E-state index contributed by atoms with van der Waals surface area (Å²) in [6, 6.07) is 7.88. The van der Waals surface area contributed by atoms with Gasteiger partial charge in [0, 0.05) is 0 Å². The van der Waals surface area contributed by atoms with Crippen molar-refractivity contribution in [2.75, 3.05) is 7.11 Å². The second-order valence-corrected chi connectivity index (χ2v) is 5.05. The van der Waals surface area contributed by atoms with Crippen LogP contribution in [0, 0.1) is 0 Å². The van der Waals surface area contributed by atoms with Crippen molar-refractivity contribution < 1.29 is 14.3 Å². The van der Waals surface area contributed by atoms with Crippen LogP contribution < -0.4 is 4.74 Å². The molecule has 0 heterocycles. The molecule has 0 fully saturated rings. The third-order valence-corrected chi connectivity index (χ3v) is 3.37. The van der Waals surface area contributed by atoms with Crippen LogP contribution in [-0.4, -0.2) is 19.2 Å². The van der Waals surface area contributed by atoms with Crippen LogP contribution >= 0.6 is 0 Å². The van der Waals surface area contributed by atoms with Gasteiger partial charge >= 0.3 is 5.97 Å². The van der Waals surface area contributed by atoms with E-state index in [1.54, 1.807) is 6.92 Å². The minimum absolute atomic E-state index is 0.159. The highest BCUT2D eigenvalue weighted by atomic mass is 16.6. The minimum Gasteiger partial charge on any atom is -0.479 e. The first-order chi connectivity index (χ1) is 8.40. The van der Waals surface area contributed by atoms with E-state index >= 15 is 0 Å². The maximum absolute atomic E-state index is 11.2. The third-order valence-electron chi connectivity index (χ3n) is 3.37. The predicted molar refractivity (Wildman–Crippen MR) is 71.9 cm³/mol. The van der Waals surface area contributed by atoms with E-state index in [1.165, 1.54) is 12.7 Å². The molecular weight excluding hydrogens is 228 g/mol. The minimum atomic E-state index is -0.583. The SMILES string of the molecule is CCC(C)(C)c1ccc(O[C@@H](C)C(=O)OC)cc1. The lowest BCUT2D eigenvalue weighted by molar-refractivity contribution is -0.147. The van der Waals surface area contributed by atoms with Crippen LogP contribution in [0.15, 0.2) is 24.3 Å². The molecule has 0 aliphatic rings. The normalized spacial score (nSPS) is 12.9. The van der Waals surface area contributed by atoms with E-state index in [0.717, 1.165) is 6.42 Å². The number of benzene rings is 1. The molecule has 0 saturated heterocycles. The van der Waals surface area contributed by atoms with Crippen molar-refractivity contribution in [1.82, 2.24) is 0 Å². The molecule has 0 spiro atoms. The molecule has 0 amide bonds. The highest BCUT2D eigenvalue weighted by Crippen LogP contribution is 2.28. The topological polar surface area (TPSA) is 35.5 Å². The van der Waals surface area contributed by atoms with Crippen LogP contribution in [0.5, 0.6) is 5.75 Å². The van der Waals surface area contributed by atoms with Crippen molar-refractivity contribution in [2.45, 2.75) is 45.6 Å². The lowest BCUT2D eigenvalue weighted by atomic mass is 9.82. The van der Waals surface area contributed by atoms with Crippen LogP contribution in [0.25, 0.3) is 0 Å². The zero-order chi connectivity index (χ0) is 13.8. The van der Waals surface area contributed by atoms with Gasteiger partial charge in [-0.1, -0.05) is 32.9 Å². The van der Waals surface area contributed by atoms with Crippen molar-refractivity contribution in [1.29, 1.82) is 0 Å². The molecule has 0 aliphatic carbocycles. The molecule has 1 aromatic rings. The van der Waals surface area contributed by atoms with Gasteiger partial charge in [-0.25, -0.2) is 4.79 Å². The second-order valence-electron chi connectivity index (χ2n) is 5.05. The molecule has 0 radical (unpaired) electrons. The Kier molecular flexibility index (Phi) is 4.76. The number of ether oxygens (including phenoxy) is 2. The van der Waals surface area contributed by atoms with Crippen LogP contribution in [0.4, 0.5) is 0 Å². The number of carbonyl (C=O) groups is 1. The number of esters is 1. The quantitative estimate of drug-likeness (QED) is 0.752. The number of hydrogen-bond donors (Lipinski definition) is 0. The number of rotatable bonds is 5. The summed E-state index contributed by atoms with van der Waals surface area (Å²) in [5.41, 5.74) is 1.43. The van der Waals surface area contributed by atoms with Crippen LogP contribution in [0.2, 0.25) is 0 Å². The molecule has 0 N–H and O–H groups in total. The van der Waals surface area contributed by atoms with Gasteiger partial charge < -0.3 is 9.47 Å². The Hall–Kier alpha value is -1.51. The molecule has 1 aromatic carbocycles. The van der Waals surface area contributed by atoms with E-state index in [4.69, 9.17) is 4.74 Å². The molecule has 0 aromatic heterocycles. The Morgan fingerprint density at radius 1 is 1.28 bits per heavy atom. The van der Waals surface area contributed by atoms with E-state index in [2.05, 4.69) is 25.5 Å². The summed E-state index contributed by atoms with van der Waals surface area (Å²) in [6.45, 7) is 8.26. The molecule has 0 aliphatic heterocycles. The van der Waals surface area contributed by atoms with Gasteiger partial charge in [0.1, 0.15) is 5.75 Å². The first-order valence-electron chi connectivity index (χ1n) is 6.25. The van der Waals surface area contributed by atoms with E-state index in [0.29, 0.717) is 5.75 Å². The van der Waals surface area contributed by atoms with E-state index in [9.17, 15) is 4.79 Å². The van der Waals surface area contributed by atoms with Gasteiger partial charge in [-0.15, -0.1) is 0 Å². The number of carbonyl (C=O) groups excluding carboxylic acids is 1. The Balaban J connectivity index is 2.75. The molecule has 0 bridgehead atoms. The molecule has 1 rings (SSSR count). The molecule has 3 heteroatoms. The van der Waals surface area contributed by atoms with E-state index in [-0.39, 0.29) is 11.4 Å². The molecule has 3 nitrogen and oxygen atoms in total.